The van der Waals surface area contributed by atoms with Gasteiger partial charge in [-0.2, -0.15) is 10.1 Å². The minimum atomic E-state index is -0.791. The molecule has 0 aliphatic heterocycles. The maximum atomic E-state index is 13.7. The number of thiazole rings is 1. The molecule has 0 radical (unpaired) electrons. The largest absolute Gasteiger partial charge is 0.497 e. The number of ether oxygens (including phenoxy) is 1. The number of hydrazone groups is 1. The van der Waals surface area contributed by atoms with Crippen LogP contribution < -0.4 is 15.4 Å². The van der Waals surface area contributed by atoms with Gasteiger partial charge in [0.05, 0.1) is 23.5 Å². The molecular weight excluding hydrogens is 457 g/mol. The molecule has 2 heterocycles. The molecular formula is C25H16FN3O4S. The van der Waals surface area contributed by atoms with E-state index in [1.54, 1.807) is 55.6 Å². The van der Waals surface area contributed by atoms with Gasteiger partial charge in [0.1, 0.15) is 22.7 Å². The van der Waals surface area contributed by atoms with Crippen molar-refractivity contribution in [3.8, 4) is 5.75 Å². The van der Waals surface area contributed by atoms with E-state index in [-0.39, 0.29) is 10.7 Å². The van der Waals surface area contributed by atoms with E-state index >= 15 is 0 Å². The number of nitrogens with zero attached hydrogens (tertiary/aromatic N) is 3. The number of para-hydroxylation sites is 1. The van der Waals surface area contributed by atoms with Crippen molar-refractivity contribution < 1.29 is 18.3 Å². The molecule has 5 rings (SSSR count). The van der Waals surface area contributed by atoms with Crippen molar-refractivity contribution in [2.45, 2.75) is 0 Å². The predicted octanol–water partition coefficient (Wildman–Crippen LogP) is 5.23. The normalized spacial score (nSPS) is 11.4. The van der Waals surface area contributed by atoms with Crippen LogP contribution in [0, 0.1) is 5.82 Å². The molecule has 5 aromatic rings. The molecule has 0 aliphatic carbocycles. The summed E-state index contributed by atoms with van der Waals surface area (Å²) >= 11 is 1.08. The van der Waals surface area contributed by atoms with Crippen LogP contribution in [-0.4, -0.2) is 24.2 Å². The molecule has 0 bridgehead atoms. The van der Waals surface area contributed by atoms with Crippen molar-refractivity contribution in [3.63, 3.8) is 0 Å². The summed E-state index contributed by atoms with van der Waals surface area (Å²) in [6.45, 7) is 0. The molecule has 168 valence electrons. The third kappa shape index (κ3) is 4.16. The highest BCUT2D eigenvalue weighted by atomic mass is 32.1. The summed E-state index contributed by atoms with van der Waals surface area (Å²) in [7, 11) is 1.56. The number of fused-ring (bicyclic) bond motifs is 2. The first-order valence-electron chi connectivity index (χ1n) is 10.1. The van der Waals surface area contributed by atoms with E-state index in [1.165, 1.54) is 30.5 Å². The molecule has 1 amide bonds. The highest BCUT2D eigenvalue weighted by Gasteiger charge is 2.25. The molecule has 0 fully saturated rings. The fraction of sp³-hybridized carbons (Fsp3) is 0.0400. The second-order valence-electron chi connectivity index (χ2n) is 7.23. The van der Waals surface area contributed by atoms with Crippen LogP contribution in [0.3, 0.4) is 0 Å². The zero-order valence-corrected chi connectivity index (χ0v) is 18.6. The van der Waals surface area contributed by atoms with Crippen molar-refractivity contribution >= 4 is 49.8 Å². The maximum absolute atomic E-state index is 13.7. The van der Waals surface area contributed by atoms with Crippen LogP contribution in [0.5, 0.6) is 5.75 Å². The van der Waals surface area contributed by atoms with Gasteiger partial charge in [-0.15, -0.1) is 0 Å². The van der Waals surface area contributed by atoms with Gasteiger partial charge >= 0.3 is 5.63 Å². The first-order valence-corrected chi connectivity index (χ1v) is 10.9. The Morgan fingerprint density at radius 3 is 2.71 bits per heavy atom. The number of carbonyl (C=O) groups excluding carboxylic acids is 1. The summed E-state index contributed by atoms with van der Waals surface area (Å²) < 4.78 is 24.7. The minimum Gasteiger partial charge on any atom is -0.497 e. The third-order valence-corrected chi connectivity index (χ3v) is 6.02. The zero-order chi connectivity index (χ0) is 23.7. The molecule has 7 nitrogen and oxygen atoms in total. The lowest BCUT2D eigenvalue weighted by Gasteiger charge is -2.13. The molecule has 9 heteroatoms. The Kier molecular flexibility index (Phi) is 5.60. The predicted molar refractivity (Wildman–Crippen MR) is 129 cm³/mol. The Bertz CT molecular complexity index is 1610. The summed E-state index contributed by atoms with van der Waals surface area (Å²) in [6.07, 6.45) is 1.46. The lowest BCUT2D eigenvalue weighted by molar-refractivity contribution is 0.0984. The third-order valence-electron chi connectivity index (χ3n) is 5.02. The van der Waals surface area contributed by atoms with E-state index in [1.807, 2.05) is 0 Å². The van der Waals surface area contributed by atoms with Crippen LogP contribution in [0.4, 0.5) is 9.52 Å². The zero-order valence-electron chi connectivity index (χ0n) is 17.8. The van der Waals surface area contributed by atoms with Gasteiger partial charge in [0.2, 0.25) is 5.13 Å². The number of carbonyl (C=O) groups is 1. The summed E-state index contributed by atoms with van der Waals surface area (Å²) in [5.74, 6) is -0.465. The average molecular weight is 473 g/mol. The Morgan fingerprint density at radius 1 is 1.12 bits per heavy atom. The molecule has 34 heavy (non-hydrogen) atoms. The Morgan fingerprint density at radius 2 is 1.91 bits per heavy atom. The monoisotopic (exact) mass is 473 g/mol. The van der Waals surface area contributed by atoms with Crippen molar-refractivity contribution in [1.29, 1.82) is 0 Å². The molecule has 0 atom stereocenters. The highest BCUT2D eigenvalue weighted by molar-refractivity contribution is 7.22. The average Bonchev–Trinajstić information content (AvgIpc) is 3.26. The number of benzene rings is 3. The first kappa shape index (κ1) is 21.5. The van der Waals surface area contributed by atoms with Gasteiger partial charge in [-0.3, -0.25) is 4.79 Å². The second-order valence-corrected chi connectivity index (χ2v) is 8.24. The lowest BCUT2D eigenvalue weighted by atomic mass is 10.2. The maximum Gasteiger partial charge on any atom is 0.349 e. The quantitative estimate of drug-likeness (QED) is 0.198. The van der Waals surface area contributed by atoms with Gasteiger partial charge in [0, 0.05) is 5.39 Å². The fourth-order valence-corrected chi connectivity index (χ4v) is 4.25. The molecule has 0 saturated carbocycles. The Hall–Kier alpha value is -4.37. The SMILES string of the molecule is COc1ccc(/C=N/N(C(=O)c2cc3ccccc3oc2=O)c2nc3ccc(F)cc3s2)cc1. The number of amides is 1. The van der Waals surface area contributed by atoms with Gasteiger partial charge in [0.25, 0.3) is 5.91 Å². The van der Waals surface area contributed by atoms with E-state index in [9.17, 15) is 14.0 Å². The molecule has 0 unspecified atom stereocenters. The Balaban J connectivity index is 1.60. The van der Waals surface area contributed by atoms with Gasteiger partial charge in [-0.1, -0.05) is 29.5 Å². The first-order chi connectivity index (χ1) is 16.5. The van der Waals surface area contributed by atoms with E-state index < -0.39 is 17.3 Å². The molecule has 2 aromatic heterocycles. The van der Waals surface area contributed by atoms with Crippen molar-refractivity contribution in [3.05, 3.63) is 100 Å². The standard InChI is InChI=1S/C25H16FN3O4S/c1-32-18-9-6-15(7-10-18)14-27-29(25-28-20-11-8-17(26)13-22(20)34-25)23(30)19-12-16-4-2-3-5-21(16)33-24(19)31/h2-14H,1H3/b27-14+. The van der Waals surface area contributed by atoms with Crippen LogP contribution in [0.25, 0.3) is 21.2 Å². The van der Waals surface area contributed by atoms with E-state index in [4.69, 9.17) is 9.15 Å². The number of hydrogen-bond donors (Lipinski definition) is 0. The molecule has 3 aromatic carbocycles. The van der Waals surface area contributed by atoms with E-state index in [2.05, 4.69) is 10.1 Å². The summed E-state index contributed by atoms with van der Waals surface area (Å²) in [4.78, 5) is 30.5. The van der Waals surface area contributed by atoms with Gasteiger partial charge in [-0.05, 0) is 60.2 Å². The molecule has 0 saturated heterocycles. The topological polar surface area (TPSA) is 85.0 Å². The summed E-state index contributed by atoms with van der Waals surface area (Å²) in [6, 6.07) is 19.5. The van der Waals surface area contributed by atoms with E-state index in [0.717, 1.165) is 16.3 Å². The van der Waals surface area contributed by atoms with Crippen LogP contribution in [0.1, 0.15) is 15.9 Å². The van der Waals surface area contributed by atoms with Gasteiger partial charge in [0.15, 0.2) is 0 Å². The Labute approximate surface area is 196 Å². The number of rotatable bonds is 5. The van der Waals surface area contributed by atoms with E-state index in [0.29, 0.717) is 32.5 Å². The molecule has 0 aliphatic rings. The minimum absolute atomic E-state index is 0.183. The second kappa shape index (κ2) is 8.87. The van der Waals surface area contributed by atoms with Crippen molar-refractivity contribution in [2.24, 2.45) is 5.10 Å². The molecule has 0 spiro atoms. The van der Waals surface area contributed by atoms with Crippen LogP contribution in [0.2, 0.25) is 0 Å². The number of hydrogen-bond acceptors (Lipinski definition) is 7. The summed E-state index contributed by atoms with van der Waals surface area (Å²) in [5.41, 5.74) is 0.574. The van der Waals surface area contributed by atoms with Gasteiger partial charge in [-0.25, -0.2) is 14.2 Å². The number of anilines is 1. The summed E-state index contributed by atoms with van der Waals surface area (Å²) in [5, 5.41) is 6.12. The lowest BCUT2D eigenvalue weighted by Crippen LogP contribution is -2.30. The number of methoxy groups -OCH3 is 1. The van der Waals surface area contributed by atoms with Crippen LogP contribution in [-0.2, 0) is 0 Å². The fourth-order valence-electron chi connectivity index (χ4n) is 3.31. The van der Waals surface area contributed by atoms with Crippen LogP contribution >= 0.6 is 11.3 Å². The van der Waals surface area contributed by atoms with Crippen molar-refractivity contribution in [1.82, 2.24) is 4.98 Å². The number of aromatic nitrogens is 1. The molecule has 0 N–H and O–H groups in total. The van der Waals surface area contributed by atoms with Crippen LogP contribution in [0.15, 0.2) is 87.1 Å². The highest BCUT2D eigenvalue weighted by Crippen LogP contribution is 2.30. The smallest absolute Gasteiger partial charge is 0.349 e. The van der Waals surface area contributed by atoms with Gasteiger partial charge < -0.3 is 9.15 Å². The van der Waals surface area contributed by atoms with Crippen molar-refractivity contribution in [2.75, 3.05) is 12.1 Å². The number of halogens is 1.